The van der Waals surface area contributed by atoms with Crippen molar-refractivity contribution in [2.75, 3.05) is 6.54 Å². The van der Waals surface area contributed by atoms with E-state index >= 15 is 0 Å². The molecule has 0 spiro atoms. The second-order valence-corrected chi connectivity index (χ2v) is 2.27. The molecule has 0 aliphatic carbocycles. The van der Waals surface area contributed by atoms with Gasteiger partial charge in [-0.05, 0) is 0 Å². The zero-order valence-corrected chi connectivity index (χ0v) is 9.40. The van der Waals surface area contributed by atoms with Gasteiger partial charge in [-0.25, -0.2) is 0 Å². The van der Waals surface area contributed by atoms with Crippen molar-refractivity contribution < 1.29 is 4.52 Å². The highest BCUT2D eigenvalue weighted by atomic mass is 35.5. The minimum atomic E-state index is 0. The fourth-order valence-electron chi connectivity index (χ4n) is 0.755. The van der Waals surface area contributed by atoms with Crippen molar-refractivity contribution in [3.8, 4) is 0 Å². The minimum Gasteiger partial charge on any atom is -0.404 e. The maximum atomic E-state index is 5.39. The van der Waals surface area contributed by atoms with E-state index in [0.717, 1.165) is 6.42 Å². The summed E-state index contributed by atoms with van der Waals surface area (Å²) >= 11 is 0. The van der Waals surface area contributed by atoms with Crippen LogP contribution >= 0.6 is 24.8 Å². The molecule has 4 N–H and O–H groups in total. The molecule has 0 fully saturated rings. The summed E-state index contributed by atoms with van der Waals surface area (Å²) in [5, 5.41) is 3.71. The molecule has 0 aromatic carbocycles. The molecule has 5 nitrogen and oxygen atoms in total. The van der Waals surface area contributed by atoms with E-state index in [9.17, 15) is 0 Å². The van der Waals surface area contributed by atoms with Crippen LogP contribution in [0.25, 0.3) is 5.57 Å². The molecule has 0 radical (unpaired) electrons. The van der Waals surface area contributed by atoms with Crippen molar-refractivity contribution in [3.05, 3.63) is 17.9 Å². The van der Waals surface area contributed by atoms with Gasteiger partial charge in [0, 0.05) is 24.7 Å². The standard InChI is InChI=1S/C7H12N4O.2ClH/c1-2-6-10-7(12-11-6)5(3-8)4-9;;/h3H,2,4,8-9H2,1H3;2*1H. The molecule has 0 saturated heterocycles. The maximum Gasteiger partial charge on any atom is 0.256 e. The van der Waals surface area contributed by atoms with E-state index in [1.54, 1.807) is 0 Å². The summed E-state index contributed by atoms with van der Waals surface area (Å²) in [5.74, 6) is 1.08. The largest absolute Gasteiger partial charge is 0.404 e. The van der Waals surface area contributed by atoms with Gasteiger partial charge in [0.05, 0.1) is 0 Å². The summed E-state index contributed by atoms with van der Waals surface area (Å²) in [5.41, 5.74) is 11.4. The topological polar surface area (TPSA) is 91.0 Å². The predicted octanol–water partition coefficient (Wildman–Crippen LogP) is 0.734. The molecule has 1 aromatic heterocycles. The Morgan fingerprint density at radius 3 is 2.50 bits per heavy atom. The van der Waals surface area contributed by atoms with E-state index in [-0.39, 0.29) is 24.8 Å². The summed E-state index contributed by atoms with van der Waals surface area (Å²) < 4.78 is 4.91. The van der Waals surface area contributed by atoms with Crippen LogP contribution in [0, 0.1) is 0 Å². The van der Waals surface area contributed by atoms with E-state index in [1.807, 2.05) is 6.92 Å². The highest BCUT2D eigenvalue weighted by molar-refractivity contribution is 5.85. The first-order valence-corrected chi connectivity index (χ1v) is 3.75. The third kappa shape index (κ3) is 3.53. The number of aryl methyl sites for hydroxylation is 1. The molecule has 7 heteroatoms. The molecule has 0 amide bonds. The van der Waals surface area contributed by atoms with Gasteiger partial charge in [0.15, 0.2) is 5.82 Å². The van der Waals surface area contributed by atoms with Crippen LogP contribution in [0.4, 0.5) is 0 Å². The number of rotatable bonds is 3. The maximum absolute atomic E-state index is 5.39. The Labute approximate surface area is 94.7 Å². The van der Waals surface area contributed by atoms with Crippen molar-refractivity contribution in [2.24, 2.45) is 11.5 Å². The molecule has 0 saturated carbocycles. The van der Waals surface area contributed by atoms with E-state index in [1.165, 1.54) is 6.20 Å². The number of halogens is 2. The van der Waals surface area contributed by atoms with Crippen LogP contribution in [0.3, 0.4) is 0 Å². The second kappa shape index (κ2) is 7.61. The predicted molar refractivity (Wildman–Crippen MR) is 59.4 cm³/mol. The molecule has 1 aromatic rings. The lowest BCUT2D eigenvalue weighted by Gasteiger charge is -1.92. The van der Waals surface area contributed by atoms with Crippen molar-refractivity contribution in [3.63, 3.8) is 0 Å². The Balaban J connectivity index is 0. The number of aromatic nitrogens is 2. The van der Waals surface area contributed by atoms with Crippen LogP contribution in [-0.4, -0.2) is 16.7 Å². The van der Waals surface area contributed by atoms with E-state index in [0.29, 0.717) is 23.8 Å². The highest BCUT2D eigenvalue weighted by Gasteiger charge is 2.07. The van der Waals surface area contributed by atoms with E-state index in [4.69, 9.17) is 16.0 Å². The number of hydrogen-bond donors (Lipinski definition) is 2. The quantitative estimate of drug-likeness (QED) is 0.814. The SMILES string of the molecule is CCc1noc(C(=CN)CN)n1.Cl.Cl. The first-order chi connectivity index (χ1) is 5.81. The molecule has 0 unspecified atom stereocenters. The fraction of sp³-hybridized carbons (Fsp3) is 0.429. The van der Waals surface area contributed by atoms with Crippen molar-refractivity contribution in [1.82, 2.24) is 10.1 Å². The van der Waals surface area contributed by atoms with Crippen LogP contribution in [0.15, 0.2) is 10.7 Å². The molecule has 0 bridgehead atoms. The van der Waals surface area contributed by atoms with Gasteiger partial charge >= 0.3 is 0 Å². The van der Waals surface area contributed by atoms with Crippen molar-refractivity contribution in [1.29, 1.82) is 0 Å². The van der Waals surface area contributed by atoms with Crippen LogP contribution in [0.1, 0.15) is 18.6 Å². The molecule has 82 valence electrons. The van der Waals surface area contributed by atoms with Gasteiger partial charge in [0.25, 0.3) is 5.89 Å². The average molecular weight is 241 g/mol. The van der Waals surface area contributed by atoms with Gasteiger partial charge in [0.1, 0.15) is 0 Å². The van der Waals surface area contributed by atoms with Crippen molar-refractivity contribution >= 4 is 30.4 Å². The van der Waals surface area contributed by atoms with Crippen LogP contribution < -0.4 is 11.5 Å². The Kier molecular flexibility index (Phi) is 8.52. The summed E-state index contributed by atoms with van der Waals surface area (Å²) in [6.07, 6.45) is 2.12. The molecule has 0 aliphatic rings. The fourth-order valence-corrected chi connectivity index (χ4v) is 0.755. The number of nitrogens with two attached hydrogens (primary N) is 2. The molecule has 1 rings (SSSR count). The van der Waals surface area contributed by atoms with Crippen LogP contribution in [0.5, 0.6) is 0 Å². The first kappa shape index (κ1) is 15.7. The Bertz CT molecular complexity index is 287. The van der Waals surface area contributed by atoms with Gasteiger partial charge in [-0.1, -0.05) is 12.1 Å². The van der Waals surface area contributed by atoms with E-state index in [2.05, 4.69) is 10.1 Å². The van der Waals surface area contributed by atoms with Gasteiger partial charge in [0.2, 0.25) is 0 Å². The molecular weight excluding hydrogens is 227 g/mol. The molecule has 1 heterocycles. The lowest BCUT2D eigenvalue weighted by atomic mass is 10.3. The number of hydrogen-bond acceptors (Lipinski definition) is 5. The van der Waals surface area contributed by atoms with Gasteiger partial charge < -0.3 is 16.0 Å². The normalized spacial score (nSPS) is 10.3. The summed E-state index contributed by atoms with van der Waals surface area (Å²) in [4.78, 5) is 4.06. The Hall–Kier alpha value is -0.780. The summed E-state index contributed by atoms with van der Waals surface area (Å²) in [7, 11) is 0. The summed E-state index contributed by atoms with van der Waals surface area (Å²) in [6.45, 7) is 2.25. The van der Waals surface area contributed by atoms with Crippen LogP contribution in [-0.2, 0) is 6.42 Å². The van der Waals surface area contributed by atoms with E-state index < -0.39 is 0 Å². The van der Waals surface area contributed by atoms with Crippen LogP contribution in [0.2, 0.25) is 0 Å². The zero-order valence-electron chi connectivity index (χ0n) is 7.77. The second-order valence-electron chi connectivity index (χ2n) is 2.27. The number of nitrogens with zero attached hydrogens (tertiary/aromatic N) is 2. The smallest absolute Gasteiger partial charge is 0.256 e. The molecule has 0 atom stereocenters. The van der Waals surface area contributed by atoms with Gasteiger partial charge in [-0.3, -0.25) is 0 Å². The van der Waals surface area contributed by atoms with Crippen molar-refractivity contribution in [2.45, 2.75) is 13.3 Å². The lowest BCUT2D eigenvalue weighted by Crippen LogP contribution is -2.04. The average Bonchev–Trinajstić information content (AvgIpc) is 2.55. The highest BCUT2D eigenvalue weighted by Crippen LogP contribution is 2.08. The van der Waals surface area contributed by atoms with Gasteiger partial charge in [-0.15, -0.1) is 24.8 Å². The monoisotopic (exact) mass is 240 g/mol. The summed E-state index contributed by atoms with van der Waals surface area (Å²) in [6, 6.07) is 0. The molecule has 14 heavy (non-hydrogen) atoms. The Morgan fingerprint density at radius 2 is 2.14 bits per heavy atom. The third-order valence-electron chi connectivity index (χ3n) is 1.48. The first-order valence-electron chi connectivity index (χ1n) is 3.75. The Morgan fingerprint density at radius 1 is 1.50 bits per heavy atom. The third-order valence-corrected chi connectivity index (χ3v) is 1.48. The zero-order chi connectivity index (χ0) is 8.97. The van der Waals surface area contributed by atoms with Gasteiger partial charge in [-0.2, -0.15) is 4.98 Å². The lowest BCUT2D eigenvalue weighted by molar-refractivity contribution is 0.400. The molecular formula is C7H14Cl2N4O. The molecule has 0 aliphatic heterocycles. The minimum absolute atomic E-state index is 0.